The molecule has 12 rings (SSSR count). The van der Waals surface area contributed by atoms with Crippen molar-refractivity contribution in [3.8, 4) is 11.4 Å². The number of benzene rings is 10. The molecule has 0 atom stereocenters. The van der Waals surface area contributed by atoms with Crippen LogP contribution < -0.4 is 25.6 Å². The second-order valence-electron chi connectivity index (χ2n) is 17.2. The van der Waals surface area contributed by atoms with Crippen LogP contribution in [0.2, 0.25) is 0 Å². The lowest BCUT2D eigenvalue weighted by atomic mass is 10.1. The van der Waals surface area contributed by atoms with Gasteiger partial charge in [0.2, 0.25) is 0 Å². The number of fused-ring (bicyclic) bond motifs is 6. The standard InChI is InChI=1S/C61H44FN3Si/c1-43-26-30-46(31-27-43)63(48-34-37-59-55(40-48)54-24-14-15-25-58(54)64(59)45-16-6-2-7-17-45)49-35-38-60-56(41-49)57-42-53(36-39-61(57)65(60)47-32-28-44(62)29-33-47)66(50-18-8-3-9-19-50,51-20-10-4-11-21-51)52-22-12-5-13-23-52/h2-42H,1H3. The van der Waals surface area contributed by atoms with Gasteiger partial charge in [-0.2, -0.15) is 0 Å². The van der Waals surface area contributed by atoms with Crippen LogP contribution in [0.1, 0.15) is 5.56 Å². The quantitative estimate of drug-likeness (QED) is 0.104. The highest BCUT2D eigenvalue weighted by atomic mass is 28.3. The third-order valence-corrected chi connectivity index (χ3v) is 18.1. The fourth-order valence-electron chi connectivity index (χ4n) is 10.4. The van der Waals surface area contributed by atoms with Crippen molar-refractivity contribution in [1.82, 2.24) is 9.13 Å². The molecule has 0 aliphatic heterocycles. The molecular formula is C61H44FN3Si. The van der Waals surface area contributed by atoms with Crippen LogP contribution in [-0.4, -0.2) is 17.2 Å². The lowest BCUT2D eigenvalue weighted by Crippen LogP contribution is -2.74. The van der Waals surface area contributed by atoms with E-state index < -0.39 is 8.07 Å². The topological polar surface area (TPSA) is 13.1 Å². The molecule has 2 heterocycles. The van der Waals surface area contributed by atoms with Crippen molar-refractivity contribution >= 4 is 89.5 Å². The van der Waals surface area contributed by atoms with Crippen molar-refractivity contribution in [3.63, 3.8) is 0 Å². The molecule has 0 saturated heterocycles. The number of hydrogen-bond acceptors (Lipinski definition) is 1. The minimum Gasteiger partial charge on any atom is -0.310 e. The van der Waals surface area contributed by atoms with Gasteiger partial charge in [-0.1, -0.05) is 157 Å². The summed E-state index contributed by atoms with van der Waals surface area (Å²) in [5.41, 5.74) is 10.9. The summed E-state index contributed by atoms with van der Waals surface area (Å²) >= 11 is 0. The van der Waals surface area contributed by atoms with Gasteiger partial charge in [0.1, 0.15) is 5.82 Å². The van der Waals surface area contributed by atoms with E-state index in [4.69, 9.17) is 0 Å². The summed E-state index contributed by atoms with van der Waals surface area (Å²) in [7, 11) is -2.87. The van der Waals surface area contributed by atoms with Crippen LogP contribution in [0, 0.1) is 12.7 Å². The number of para-hydroxylation sites is 2. The second kappa shape index (κ2) is 16.1. The maximum absolute atomic E-state index is 14.6. The number of nitrogens with zero attached hydrogens (tertiary/aromatic N) is 3. The van der Waals surface area contributed by atoms with E-state index in [1.54, 1.807) is 12.1 Å². The Labute approximate surface area is 384 Å². The molecule has 0 N–H and O–H groups in total. The molecule has 0 bridgehead atoms. The number of anilines is 3. The van der Waals surface area contributed by atoms with E-state index in [9.17, 15) is 4.39 Å². The largest absolute Gasteiger partial charge is 0.310 e. The molecule has 0 aliphatic carbocycles. The molecule has 10 aromatic carbocycles. The summed E-state index contributed by atoms with van der Waals surface area (Å²) in [5.74, 6) is -0.258. The van der Waals surface area contributed by atoms with Gasteiger partial charge in [-0.15, -0.1) is 0 Å². The maximum atomic E-state index is 14.6. The Kier molecular flexibility index (Phi) is 9.58. The van der Waals surface area contributed by atoms with Crippen LogP contribution in [0.5, 0.6) is 0 Å². The molecule has 66 heavy (non-hydrogen) atoms. The van der Waals surface area contributed by atoms with Gasteiger partial charge in [0, 0.05) is 50.0 Å². The predicted molar refractivity (Wildman–Crippen MR) is 278 cm³/mol. The highest BCUT2D eigenvalue weighted by Crippen LogP contribution is 2.42. The minimum absolute atomic E-state index is 0.258. The third kappa shape index (κ3) is 6.39. The monoisotopic (exact) mass is 865 g/mol. The van der Waals surface area contributed by atoms with Crippen molar-refractivity contribution < 1.29 is 4.39 Å². The molecule has 0 amide bonds. The Morgan fingerprint density at radius 2 is 0.742 bits per heavy atom. The Hall–Kier alpha value is -8.25. The van der Waals surface area contributed by atoms with Gasteiger partial charge < -0.3 is 14.0 Å². The molecule has 0 unspecified atom stereocenters. The summed E-state index contributed by atoms with van der Waals surface area (Å²) in [5, 5.41) is 9.89. The van der Waals surface area contributed by atoms with Crippen molar-refractivity contribution in [2.75, 3.05) is 4.90 Å². The van der Waals surface area contributed by atoms with Crippen LogP contribution in [0.4, 0.5) is 21.5 Å². The van der Waals surface area contributed by atoms with Crippen LogP contribution in [-0.2, 0) is 0 Å². The van der Waals surface area contributed by atoms with E-state index in [0.717, 1.165) is 55.8 Å². The average molecular weight is 866 g/mol. The molecule has 3 nitrogen and oxygen atoms in total. The van der Waals surface area contributed by atoms with E-state index in [0.29, 0.717) is 0 Å². The van der Waals surface area contributed by atoms with Crippen molar-refractivity contribution in [2.45, 2.75) is 6.92 Å². The smallest absolute Gasteiger partial charge is 0.179 e. The van der Waals surface area contributed by atoms with Gasteiger partial charge in [-0.25, -0.2) is 4.39 Å². The normalized spacial score (nSPS) is 11.8. The Bertz CT molecular complexity index is 3600. The zero-order valence-corrected chi connectivity index (χ0v) is 37.4. The zero-order valence-electron chi connectivity index (χ0n) is 36.4. The van der Waals surface area contributed by atoms with Crippen LogP contribution >= 0.6 is 0 Å². The molecule has 0 spiro atoms. The van der Waals surface area contributed by atoms with Crippen LogP contribution in [0.15, 0.2) is 249 Å². The molecule has 5 heteroatoms. The fourth-order valence-corrected chi connectivity index (χ4v) is 15.2. The van der Waals surface area contributed by atoms with Crippen LogP contribution in [0.25, 0.3) is 55.0 Å². The number of aromatic nitrogens is 2. The summed E-state index contributed by atoms with van der Waals surface area (Å²) < 4.78 is 19.2. The Morgan fingerprint density at radius 3 is 1.29 bits per heavy atom. The zero-order chi connectivity index (χ0) is 44.2. The maximum Gasteiger partial charge on any atom is 0.179 e. The van der Waals surface area contributed by atoms with Crippen LogP contribution in [0.3, 0.4) is 0 Å². The minimum atomic E-state index is -2.87. The van der Waals surface area contributed by atoms with Crippen molar-refractivity contribution in [3.05, 3.63) is 260 Å². The number of rotatable bonds is 9. The van der Waals surface area contributed by atoms with E-state index in [-0.39, 0.29) is 5.82 Å². The summed E-state index contributed by atoms with van der Waals surface area (Å²) in [4.78, 5) is 2.38. The lowest BCUT2D eigenvalue weighted by Gasteiger charge is -2.34. The highest BCUT2D eigenvalue weighted by Gasteiger charge is 2.41. The first-order valence-electron chi connectivity index (χ1n) is 22.5. The molecule has 314 valence electrons. The van der Waals surface area contributed by atoms with E-state index in [1.165, 1.54) is 42.6 Å². The van der Waals surface area contributed by atoms with Gasteiger partial charge >= 0.3 is 0 Å². The van der Waals surface area contributed by atoms with E-state index >= 15 is 0 Å². The fraction of sp³-hybridized carbons (Fsp3) is 0.0164. The molecule has 0 radical (unpaired) electrons. The van der Waals surface area contributed by atoms with Gasteiger partial charge in [0.05, 0.1) is 22.1 Å². The first-order valence-corrected chi connectivity index (χ1v) is 24.5. The Morgan fingerprint density at radius 1 is 0.333 bits per heavy atom. The summed E-state index contributed by atoms with van der Waals surface area (Å²) in [6.07, 6.45) is 0. The molecule has 0 fully saturated rings. The molecular weight excluding hydrogens is 822 g/mol. The van der Waals surface area contributed by atoms with Gasteiger partial charge in [0.25, 0.3) is 0 Å². The van der Waals surface area contributed by atoms with E-state index in [1.807, 2.05) is 12.1 Å². The van der Waals surface area contributed by atoms with Gasteiger partial charge in [-0.05, 0) is 125 Å². The SMILES string of the molecule is Cc1ccc(N(c2ccc3c(c2)c2ccccc2n3-c2ccccc2)c2ccc3c(c2)c2cc([Si](c4ccccc4)(c4ccccc4)c4ccccc4)ccc2n3-c2ccc(F)cc2)cc1. The second-order valence-corrected chi connectivity index (χ2v) is 21.0. The highest BCUT2D eigenvalue weighted by molar-refractivity contribution is 7.20. The average Bonchev–Trinajstić information content (AvgIpc) is 3.88. The molecule has 0 saturated carbocycles. The third-order valence-electron chi connectivity index (χ3n) is 13.4. The number of halogens is 1. The summed E-state index contributed by atoms with van der Waals surface area (Å²) in [6.45, 7) is 2.14. The molecule has 0 aliphatic rings. The van der Waals surface area contributed by atoms with Crippen molar-refractivity contribution in [1.29, 1.82) is 0 Å². The molecule has 12 aromatic rings. The summed E-state index contributed by atoms with van der Waals surface area (Å²) in [6, 6.07) is 89.0. The first kappa shape index (κ1) is 39.3. The lowest BCUT2D eigenvalue weighted by molar-refractivity contribution is 0.627. The number of aryl methyl sites for hydroxylation is 1. The Balaban J connectivity index is 1.13. The first-order chi connectivity index (χ1) is 32.6. The van der Waals surface area contributed by atoms with Gasteiger partial charge in [0.15, 0.2) is 8.07 Å². The van der Waals surface area contributed by atoms with E-state index in [2.05, 4.69) is 245 Å². The van der Waals surface area contributed by atoms with Gasteiger partial charge in [-0.3, -0.25) is 0 Å². The molecule has 2 aromatic heterocycles. The van der Waals surface area contributed by atoms with Crippen molar-refractivity contribution in [2.24, 2.45) is 0 Å². The number of hydrogen-bond donors (Lipinski definition) is 0. The predicted octanol–water partition coefficient (Wildman–Crippen LogP) is 13.2.